The Bertz CT molecular complexity index is 1280. The molecule has 8 heteroatoms. The molecule has 0 radical (unpaired) electrons. The first-order chi connectivity index (χ1) is 16.6. The van der Waals surface area contributed by atoms with Crippen molar-refractivity contribution in [3.8, 4) is 5.75 Å². The third kappa shape index (κ3) is 4.69. The van der Waals surface area contributed by atoms with Gasteiger partial charge in [0.2, 0.25) is 0 Å². The van der Waals surface area contributed by atoms with Crippen molar-refractivity contribution >= 4 is 28.3 Å². The highest BCUT2D eigenvalue weighted by Crippen LogP contribution is 2.27. The van der Waals surface area contributed by atoms with Gasteiger partial charge in [-0.2, -0.15) is 5.10 Å². The van der Waals surface area contributed by atoms with Crippen LogP contribution in [0.4, 0.5) is 0 Å². The first-order valence-electron chi connectivity index (χ1n) is 11.6. The van der Waals surface area contributed by atoms with Crippen LogP contribution in [0.5, 0.6) is 5.75 Å². The van der Waals surface area contributed by atoms with Crippen LogP contribution in [0.15, 0.2) is 54.0 Å². The summed E-state index contributed by atoms with van der Waals surface area (Å²) in [6, 6.07) is 14.2. The van der Waals surface area contributed by atoms with Crippen LogP contribution < -0.4 is 10.1 Å². The molecule has 34 heavy (non-hydrogen) atoms. The van der Waals surface area contributed by atoms with Crippen molar-refractivity contribution in [2.45, 2.75) is 32.4 Å². The van der Waals surface area contributed by atoms with Crippen LogP contribution in [0.3, 0.4) is 0 Å². The molecule has 1 amide bonds. The fourth-order valence-electron chi connectivity index (χ4n) is 4.67. The SMILES string of the molecule is COc1cccc(C(CNC(=O)c2cc(C)nc3c2cnn3Cc2cccs2)N2CCCC2)c1. The van der Waals surface area contributed by atoms with Gasteiger partial charge in [0.15, 0.2) is 5.65 Å². The van der Waals surface area contributed by atoms with Crippen LogP contribution in [0.1, 0.15) is 45.4 Å². The van der Waals surface area contributed by atoms with Crippen LogP contribution in [-0.4, -0.2) is 52.3 Å². The molecule has 1 N–H and O–H groups in total. The summed E-state index contributed by atoms with van der Waals surface area (Å²) in [5.74, 6) is 0.732. The van der Waals surface area contributed by atoms with Gasteiger partial charge in [0.1, 0.15) is 5.75 Å². The molecular formula is C26H29N5O2S. The summed E-state index contributed by atoms with van der Waals surface area (Å²) in [6.45, 7) is 5.16. The number of methoxy groups -OCH3 is 1. The molecule has 1 aliphatic heterocycles. The Morgan fingerprint density at radius 2 is 2.06 bits per heavy atom. The number of hydrogen-bond donors (Lipinski definition) is 1. The van der Waals surface area contributed by atoms with E-state index in [2.05, 4.69) is 43.9 Å². The van der Waals surface area contributed by atoms with Gasteiger partial charge in [-0.3, -0.25) is 9.69 Å². The molecule has 1 aromatic carbocycles. The molecule has 5 rings (SSSR count). The number of amides is 1. The second-order valence-electron chi connectivity index (χ2n) is 8.68. The predicted octanol–water partition coefficient (Wildman–Crippen LogP) is 4.43. The molecule has 1 aliphatic rings. The number of benzene rings is 1. The van der Waals surface area contributed by atoms with Gasteiger partial charge >= 0.3 is 0 Å². The van der Waals surface area contributed by atoms with Gasteiger partial charge in [-0.15, -0.1) is 11.3 Å². The van der Waals surface area contributed by atoms with Gasteiger partial charge in [-0.1, -0.05) is 18.2 Å². The van der Waals surface area contributed by atoms with Crippen molar-refractivity contribution in [1.29, 1.82) is 0 Å². The molecule has 3 aromatic heterocycles. The lowest BCUT2D eigenvalue weighted by molar-refractivity contribution is 0.0939. The van der Waals surface area contributed by atoms with Crippen molar-refractivity contribution in [3.63, 3.8) is 0 Å². The van der Waals surface area contributed by atoms with E-state index in [-0.39, 0.29) is 11.9 Å². The average Bonchev–Trinajstić information content (AvgIpc) is 3.63. The zero-order chi connectivity index (χ0) is 23.5. The Hall–Kier alpha value is -3.23. The topological polar surface area (TPSA) is 72.3 Å². The van der Waals surface area contributed by atoms with Crippen molar-refractivity contribution < 1.29 is 9.53 Å². The number of nitrogens with zero attached hydrogens (tertiary/aromatic N) is 4. The van der Waals surface area contributed by atoms with Gasteiger partial charge in [0, 0.05) is 17.1 Å². The summed E-state index contributed by atoms with van der Waals surface area (Å²) in [5.41, 5.74) is 3.31. The average molecular weight is 476 g/mol. The van der Waals surface area contributed by atoms with Crippen LogP contribution in [0, 0.1) is 6.92 Å². The Kier molecular flexibility index (Phi) is 6.60. The largest absolute Gasteiger partial charge is 0.497 e. The highest BCUT2D eigenvalue weighted by atomic mass is 32.1. The summed E-state index contributed by atoms with van der Waals surface area (Å²) in [5, 5.41) is 10.6. The highest BCUT2D eigenvalue weighted by Gasteiger charge is 2.25. The first-order valence-corrected chi connectivity index (χ1v) is 12.5. The number of carbonyl (C=O) groups excluding carboxylic acids is 1. The fraction of sp³-hybridized carbons (Fsp3) is 0.346. The summed E-state index contributed by atoms with van der Waals surface area (Å²) in [7, 11) is 1.68. The number of rotatable bonds is 8. The number of nitrogens with one attached hydrogen (secondary N) is 1. The second-order valence-corrected chi connectivity index (χ2v) is 9.71. The number of carbonyl (C=O) groups is 1. The van der Waals surface area contributed by atoms with Crippen LogP contribution in [0.25, 0.3) is 11.0 Å². The van der Waals surface area contributed by atoms with Crippen LogP contribution in [0.2, 0.25) is 0 Å². The maximum atomic E-state index is 13.4. The standard InChI is InChI=1S/C26H29N5O2S/c1-18-13-22(23-15-28-31(25(23)29-18)17-21-9-6-12-34-21)26(32)27-16-24(30-10-3-4-11-30)19-7-5-8-20(14-19)33-2/h5-9,12-15,24H,3-4,10-11,16-17H2,1-2H3,(H,27,32). The molecule has 4 aromatic rings. The zero-order valence-corrected chi connectivity index (χ0v) is 20.3. The number of ether oxygens (including phenoxy) is 1. The van der Waals surface area contributed by atoms with E-state index in [1.807, 2.05) is 35.9 Å². The molecule has 4 heterocycles. The van der Waals surface area contributed by atoms with Gasteiger partial charge in [-0.05, 0) is 68.1 Å². The number of hydrogen-bond acceptors (Lipinski definition) is 6. The van der Waals surface area contributed by atoms with E-state index in [9.17, 15) is 4.79 Å². The number of aromatic nitrogens is 3. The molecular weight excluding hydrogens is 446 g/mol. The fourth-order valence-corrected chi connectivity index (χ4v) is 5.36. The lowest BCUT2D eigenvalue weighted by atomic mass is 10.0. The normalized spacial score (nSPS) is 15.0. The molecule has 1 unspecified atom stereocenters. The number of fused-ring (bicyclic) bond motifs is 1. The molecule has 0 bridgehead atoms. The molecule has 176 valence electrons. The monoisotopic (exact) mass is 475 g/mol. The number of likely N-dealkylation sites (tertiary alicyclic amines) is 1. The van der Waals surface area contributed by atoms with Gasteiger partial charge in [-0.25, -0.2) is 9.67 Å². The zero-order valence-electron chi connectivity index (χ0n) is 19.5. The third-order valence-corrected chi connectivity index (χ3v) is 7.24. The molecule has 0 spiro atoms. The summed E-state index contributed by atoms with van der Waals surface area (Å²) >= 11 is 1.69. The smallest absolute Gasteiger partial charge is 0.252 e. The summed E-state index contributed by atoms with van der Waals surface area (Å²) in [4.78, 5) is 21.7. The highest BCUT2D eigenvalue weighted by molar-refractivity contribution is 7.09. The van der Waals surface area contributed by atoms with E-state index in [1.165, 1.54) is 17.7 Å². The van der Waals surface area contributed by atoms with Gasteiger partial charge in [0.05, 0.1) is 36.8 Å². The van der Waals surface area contributed by atoms with Crippen LogP contribution in [-0.2, 0) is 6.54 Å². The van der Waals surface area contributed by atoms with E-state index < -0.39 is 0 Å². The minimum Gasteiger partial charge on any atom is -0.497 e. The Labute approximate surface area is 203 Å². The maximum absolute atomic E-state index is 13.4. The van der Waals surface area contributed by atoms with Crippen molar-refractivity contribution in [1.82, 2.24) is 25.0 Å². The second kappa shape index (κ2) is 9.95. The molecule has 0 saturated carbocycles. The molecule has 1 atom stereocenters. The Balaban J connectivity index is 1.39. The van der Waals surface area contributed by atoms with E-state index in [0.717, 1.165) is 41.1 Å². The third-order valence-electron chi connectivity index (χ3n) is 6.38. The van der Waals surface area contributed by atoms with Crippen molar-refractivity contribution in [2.24, 2.45) is 0 Å². The minimum atomic E-state index is -0.0988. The predicted molar refractivity (Wildman–Crippen MR) is 135 cm³/mol. The van der Waals surface area contributed by atoms with Gasteiger partial charge in [0.25, 0.3) is 5.91 Å². The molecule has 7 nitrogen and oxygen atoms in total. The summed E-state index contributed by atoms with van der Waals surface area (Å²) in [6.07, 6.45) is 4.12. The van der Waals surface area contributed by atoms with Crippen molar-refractivity contribution in [3.05, 3.63) is 75.7 Å². The maximum Gasteiger partial charge on any atom is 0.252 e. The number of aryl methyl sites for hydroxylation is 1. The lowest BCUT2D eigenvalue weighted by Crippen LogP contribution is -2.37. The Morgan fingerprint density at radius 1 is 1.21 bits per heavy atom. The lowest BCUT2D eigenvalue weighted by Gasteiger charge is -2.28. The van der Waals surface area contributed by atoms with E-state index in [0.29, 0.717) is 18.7 Å². The van der Waals surface area contributed by atoms with E-state index in [1.54, 1.807) is 24.6 Å². The minimum absolute atomic E-state index is 0.0986. The Morgan fingerprint density at radius 3 is 2.82 bits per heavy atom. The number of pyridine rings is 1. The molecule has 1 saturated heterocycles. The van der Waals surface area contributed by atoms with Gasteiger partial charge < -0.3 is 10.1 Å². The van der Waals surface area contributed by atoms with Crippen LogP contribution >= 0.6 is 11.3 Å². The quantitative estimate of drug-likeness (QED) is 0.408. The number of thiophene rings is 1. The van der Waals surface area contributed by atoms with E-state index >= 15 is 0 Å². The summed E-state index contributed by atoms with van der Waals surface area (Å²) < 4.78 is 7.31. The van der Waals surface area contributed by atoms with Crippen molar-refractivity contribution in [2.75, 3.05) is 26.7 Å². The van der Waals surface area contributed by atoms with E-state index in [4.69, 9.17) is 4.74 Å². The molecule has 1 fully saturated rings. The first kappa shape index (κ1) is 22.6. The molecule has 0 aliphatic carbocycles.